The van der Waals surface area contributed by atoms with Crippen molar-refractivity contribution >= 4 is 16.8 Å². The van der Waals surface area contributed by atoms with Crippen molar-refractivity contribution in [3.05, 3.63) is 35.5 Å². The Morgan fingerprint density at radius 1 is 1.23 bits per heavy atom. The summed E-state index contributed by atoms with van der Waals surface area (Å²) in [4.78, 5) is 15.4. The fraction of sp³-hybridized carbons (Fsp3) is 0.500. The summed E-state index contributed by atoms with van der Waals surface area (Å²) in [6.07, 6.45) is 2.44. The van der Waals surface area contributed by atoms with Crippen LogP contribution in [-0.4, -0.2) is 41.1 Å². The first-order valence-electron chi connectivity index (χ1n) is 8.22. The number of carbonyl (C=O) groups is 1. The molecule has 0 saturated carbocycles. The molecular weight excluding hydrogens is 274 g/mol. The van der Waals surface area contributed by atoms with E-state index in [-0.39, 0.29) is 5.91 Å². The van der Waals surface area contributed by atoms with Gasteiger partial charge in [0.05, 0.1) is 5.56 Å². The number of amides is 1. The Labute approximate surface area is 131 Å². The van der Waals surface area contributed by atoms with Crippen LogP contribution in [0.4, 0.5) is 0 Å². The highest BCUT2D eigenvalue weighted by Crippen LogP contribution is 2.29. The molecular formula is C18H23N3O. The molecule has 116 valence electrons. The minimum absolute atomic E-state index is 0.0908. The van der Waals surface area contributed by atoms with Crippen LogP contribution in [0.25, 0.3) is 10.9 Å². The van der Waals surface area contributed by atoms with Gasteiger partial charge in [0.15, 0.2) is 0 Å². The Bertz CT molecular complexity index is 725. The van der Waals surface area contributed by atoms with E-state index in [2.05, 4.69) is 20.9 Å². The Morgan fingerprint density at radius 3 is 2.64 bits per heavy atom. The Hall–Kier alpha value is -1.81. The molecule has 3 saturated heterocycles. The molecule has 5 rings (SSSR count). The molecule has 1 unspecified atom stereocenters. The zero-order valence-corrected chi connectivity index (χ0v) is 13.3. The van der Waals surface area contributed by atoms with Crippen molar-refractivity contribution < 1.29 is 4.79 Å². The Kier molecular flexibility index (Phi) is 3.22. The van der Waals surface area contributed by atoms with Crippen LogP contribution in [0, 0.1) is 12.8 Å². The predicted octanol–water partition coefficient (Wildman–Crippen LogP) is 2.31. The number of hydrogen-bond acceptors (Lipinski definition) is 2. The highest BCUT2D eigenvalue weighted by molar-refractivity contribution is 6.08. The Balaban J connectivity index is 1.65. The molecule has 4 nitrogen and oxygen atoms in total. The highest BCUT2D eigenvalue weighted by Gasteiger charge is 2.35. The number of benzene rings is 1. The lowest BCUT2D eigenvalue weighted by molar-refractivity contribution is 0.0621. The van der Waals surface area contributed by atoms with Crippen molar-refractivity contribution in [1.29, 1.82) is 0 Å². The molecule has 0 radical (unpaired) electrons. The van der Waals surface area contributed by atoms with Crippen LogP contribution in [0.2, 0.25) is 0 Å². The Morgan fingerprint density at radius 2 is 1.95 bits per heavy atom. The average molecular weight is 297 g/mol. The number of nitrogens with one attached hydrogen (secondary N) is 1. The molecule has 22 heavy (non-hydrogen) atoms. The first-order valence-corrected chi connectivity index (χ1v) is 8.22. The molecule has 2 aromatic rings. The molecule has 4 heteroatoms. The maximum Gasteiger partial charge on any atom is 0.254 e. The number of aryl methyl sites for hydroxylation is 1. The quantitative estimate of drug-likeness (QED) is 0.923. The second-order valence-electron chi connectivity index (χ2n) is 6.75. The van der Waals surface area contributed by atoms with Crippen molar-refractivity contribution in [2.24, 2.45) is 13.0 Å². The summed E-state index contributed by atoms with van der Waals surface area (Å²) >= 11 is 0. The second-order valence-corrected chi connectivity index (χ2v) is 6.75. The zero-order chi connectivity index (χ0) is 15.3. The van der Waals surface area contributed by atoms with Gasteiger partial charge in [-0.15, -0.1) is 0 Å². The lowest BCUT2D eigenvalue weighted by Gasteiger charge is -2.44. The van der Waals surface area contributed by atoms with E-state index < -0.39 is 0 Å². The largest absolute Gasteiger partial charge is 0.348 e. The summed E-state index contributed by atoms with van der Waals surface area (Å²) in [6, 6.07) is 8.47. The number of para-hydroxylation sites is 1. The molecule has 3 aliphatic rings. The molecule has 1 atom stereocenters. The number of rotatable bonds is 2. The minimum atomic E-state index is 0.0908. The molecule has 3 aliphatic heterocycles. The van der Waals surface area contributed by atoms with Gasteiger partial charge in [-0.1, -0.05) is 18.2 Å². The van der Waals surface area contributed by atoms with E-state index in [1.54, 1.807) is 0 Å². The molecule has 4 heterocycles. The van der Waals surface area contributed by atoms with Gasteiger partial charge in [0.1, 0.15) is 0 Å². The first-order chi connectivity index (χ1) is 10.6. The standard InChI is InChI=1S/C18H23N3O/c1-12-17(14-5-3-4-6-16(14)20(12)2)18(22)19-15-11-21-9-7-13(15)8-10-21/h3-6,13,15H,7-11H2,1-2H3,(H,19,22). The van der Waals surface area contributed by atoms with Gasteiger partial charge in [0.2, 0.25) is 0 Å². The number of fused-ring (bicyclic) bond motifs is 4. The topological polar surface area (TPSA) is 37.3 Å². The SMILES string of the molecule is Cc1c(C(=O)NC2CN3CCC2CC3)c2ccccc2n1C. The molecule has 1 aromatic heterocycles. The average Bonchev–Trinajstić information content (AvgIpc) is 2.80. The van der Waals surface area contributed by atoms with Gasteiger partial charge in [-0.05, 0) is 44.8 Å². The van der Waals surface area contributed by atoms with Gasteiger partial charge >= 0.3 is 0 Å². The summed E-state index contributed by atoms with van der Waals surface area (Å²) in [5.74, 6) is 0.747. The van der Waals surface area contributed by atoms with E-state index in [9.17, 15) is 4.79 Å². The number of nitrogens with zero attached hydrogens (tertiary/aromatic N) is 2. The van der Waals surface area contributed by atoms with Crippen LogP contribution in [0.5, 0.6) is 0 Å². The van der Waals surface area contributed by atoms with Crippen LogP contribution >= 0.6 is 0 Å². The van der Waals surface area contributed by atoms with E-state index in [1.807, 2.05) is 32.2 Å². The van der Waals surface area contributed by atoms with Crippen molar-refractivity contribution in [2.75, 3.05) is 19.6 Å². The van der Waals surface area contributed by atoms with Crippen molar-refractivity contribution in [2.45, 2.75) is 25.8 Å². The van der Waals surface area contributed by atoms with Crippen LogP contribution < -0.4 is 5.32 Å². The molecule has 1 N–H and O–H groups in total. The van der Waals surface area contributed by atoms with E-state index in [0.717, 1.165) is 28.7 Å². The van der Waals surface area contributed by atoms with Crippen LogP contribution in [-0.2, 0) is 7.05 Å². The van der Waals surface area contributed by atoms with Gasteiger partial charge in [-0.3, -0.25) is 4.79 Å². The number of hydrogen-bond donors (Lipinski definition) is 1. The third-order valence-corrected chi connectivity index (χ3v) is 5.60. The van der Waals surface area contributed by atoms with E-state index in [0.29, 0.717) is 12.0 Å². The molecule has 0 aliphatic carbocycles. The highest BCUT2D eigenvalue weighted by atomic mass is 16.1. The first kappa shape index (κ1) is 13.8. The third-order valence-electron chi connectivity index (χ3n) is 5.60. The van der Waals surface area contributed by atoms with Gasteiger partial charge in [-0.25, -0.2) is 0 Å². The predicted molar refractivity (Wildman–Crippen MR) is 88.1 cm³/mol. The van der Waals surface area contributed by atoms with Gasteiger partial charge in [0, 0.05) is 36.2 Å². The minimum Gasteiger partial charge on any atom is -0.348 e. The summed E-state index contributed by atoms with van der Waals surface area (Å²) < 4.78 is 2.11. The van der Waals surface area contributed by atoms with Crippen LogP contribution in [0.15, 0.2) is 24.3 Å². The molecule has 3 fully saturated rings. The fourth-order valence-corrected chi connectivity index (χ4v) is 4.18. The normalized spacial score (nSPS) is 27.3. The van der Waals surface area contributed by atoms with Crippen molar-refractivity contribution in [3.63, 3.8) is 0 Å². The van der Waals surface area contributed by atoms with Crippen LogP contribution in [0.3, 0.4) is 0 Å². The maximum atomic E-state index is 12.9. The summed E-state index contributed by atoms with van der Waals surface area (Å²) in [5, 5.41) is 4.38. The number of piperidine rings is 3. The molecule has 1 amide bonds. The summed E-state index contributed by atoms with van der Waals surface area (Å²) in [5.41, 5.74) is 3.01. The lowest BCUT2D eigenvalue weighted by Crippen LogP contribution is -2.57. The van der Waals surface area contributed by atoms with Gasteiger partial charge in [0.25, 0.3) is 5.91 Å². The molecule has 0 spiro atoms. The number of aromatic nitrogens is 1. The van der Waals surface area contributed by atoms with Crippen LogP contribution in [0.1, 0.15) is 28.9 Å². The second kappa shape index (κ2) is 5.13. The van der Waals surface area contributed by atoms with E-state index in [1.165, 1.54) is 25.9 Å². The third kappa shape index (κ3) is 2.05. The monoisotopic (exact) mass is 297 g/mol. The molecule has 2 bridgehead atoms. The number of carbonyl (C=O) groups excluding carboxylic acids is 1. The summed E-state index contributed by atoms with van der Waals surface area (Å²) in [6.45, 7) is 5.44. The fourth-order valence-electron chi connectivity index (χ4n) is 4.18. The van der Waals surface area contributed by atoms with Gasteiger partial charge in [-0.2, -0.15) is 0 Å². The van der Waals surface area contributed by atoms with Crippen molar-refractivity contribution in [1.82, 2.24) is 14.8 Å². The molecule has 1 aromatic carbocycles. The van der Waals surface area contributed by atoms with Gasteiger partial charge < -0.3 is 14.8 Å². The lowest BCUT2D eigenvalue weighted by atomic mass is 9.84. The maximum absolute atomic E-state index is 12.9. The zero-order valence-electron chi connectivity index (χ0n) is 13.3. The summed E-state index contributed by atoms with van der Waals surface area (Å²) in [7, 11) is 2.03. The smallest absolute Gasteiger partial charge is 0.254 e. The van der Waals surface area contributed by atoms with E-state index in [4.69, 9.17) is 0 Å². The van der Waals surface area contributed by atoms with E-state index >= 15 is 0 Å². The van der Waals surface area contributed by atoms with Crippen molar-refractivity contribution in [3.8, 4) is 0 Å².